The minimum atomic E-state index is -0.368. The molecule has 0 bridgehead atoms. The topological polar surface area (TPSA) is 64.1 Å². The van der Waals surface area contributed by atoms with Crippen molar-refractivity contribution in [2.45, 2.75) is 13.8 Å². The summed E-state index contributed by atoms with van der Waals surface area (Å²) in [5, 5.41) is 3.28. The lowest BCUT2D eigenvalue weighted by molar-refractivity contribution is 0.0734. The van der Waals surface area contributed by atoms with Crippen LogP contribution in [0.4, 0.5) is 11.5 Å². The molecule has 30 heavy (non-hydrogen) atoms. The first-order valence-corrected chi connectivity index (χ1v) is 9.64. The van der Waals surface area contributed by atoms with Crippen molar-refractivity contribution in [3.8, 4) is 17.0 Å². The maximum Gasteiger partial charge on any atom is 0.343 e. The molecule has 0 aliphatic rings. The van der Waals surface area contributed by atoms with Gasteiger partial charge in [0, 0.05) is 17.3 Å². The first kappa shape index (κ1) is 19.3. The number of anilines is 2. The Morgan fingerprint density at radius 3 is 2.27 bits per heavy atom. The number of hydrogen-bond acceptors (Lipinski definition) is 5. The lowest BCUT2D eigenvalue weighted by Gasteiger charge is -2.10. The number of ether oxygens (including phenoxy) is 1. The molecule has 5 heteroatoms. The number of carbonyl (C=O) groups excluding carboxylic acids is 1. The number of nitrogens with zero attached hydrogens (tertiary/aromatic N) is 2. The predicted octanol–water partition coefficient (Wildman–Crippen LogP) is 5.72. The number of nitrogens with one attached hydrogen (secondary N) is 1. The first-order valence-electron chi connectivity index (χ1n) is 9.64. The summed E-state index contributed by atoms with van der Waals surface area (Å²) in [6.07, 6.45) is 0. The van der Waals surface area contributed by atoms with Crippen LogP contribution >= 0.6 is 0 Å². The number of esters is 1. The van der Waals surface area contributed by atoms with Gasteiger partial charge in [-0.1, -0.05) is 48.5 Å². The second-order valence-corrected chi connectivity index (χ2v) is 6.91. The van der Waals surface area contributed by atoms with Gasteiger partial charge in [0.25, 0.3) is 0 Å². The summed E-state index contributed by atoms with van der Waals surface area (Å²) in [5.74, 6) is 1.50. The van der Waals surface area contributed by atoms with E-state index in [9.17, 15) is 4.79 Å². The third-order valence-electron chi connectivity index (χ3n) is 4.61. The molecule has 0 radical (unpaired) electrons. The van der Waals surface area contributed by atoms with E-state index in [1.165, 1.54) is 0 Å². The quantitative estimate of drug-likeness (QED) is 0.346. The lowest BCUT2D eigenvalue weighted by atomic mass is 10.1. The number of aromatic nitrogens is 2. The maximum atomic E-state index is 12.4. The van der Waals surface area contributed by atoms with E-state index < -0.39 is 0 Å². The Balaban J connectivity index is 1.48. The molecule has 0 saturated carbocycles. The smallest absolute Gasteiger partial charge is 0.343 e. The van der Waals surface area contributed by atoms with Gasteiger partial charge < -0.3 is 10.1 Å². The second-order valence-electron chi connectivity index (χ2n) is 6.91. The highest BCUT2D eigenvalue weighted by atomic mass is 16.5. The van der Waals surface area contributed by atoms with Gasteiger partial charge >= 0.3 is 5.97 Å². The van der Waals surface area contributed by atoms with Crippen molar-refractivity contribution in [3.63, 3.8) is 0 Å². The van der Waals surface area contributed by atoms with Gasteiger partial charge in [-0.15, -0.1) is 0 Å². The highest BCUT2D eigenvalue weighted by molar-refractivity contribution is 5.92. The number of benzene rings is 3. The highest BCUT2D eigenvalue weighted by Crippen LogP contribution is 2.24. The summed E-state index contributed by atoms with van der Waals surface area (Å²) in [5.41, 5.74) is 4.17. The molecule has 4 rings (SSSR count). The summed E-state index contributed by atoms with van der Waals surface area (Å²) in [4.78, 5) is 21.4. The van der Waals surface area contributed by atoms with Gasteiger partial charge in [-0.25, -0.2) is 14.8 Å². The average Bonchev–Trinajstić information content (AvgIpc) is 2.75. The number of aryl methyl sites for hydroxylation is 2. The van der Waals surface area contributed by atoms with E-state index in [2.05, 4.69) is 15.3 Å². The van der Waals surface area contributed by atoms with Crippen LogP contribution in [-0.4, -0.2) is 15.9 Å². The van der Waals surface area contributed by atoms with Gasteiger partial charge in [-0.05, 0) is 49.7 Å². The molecule has 0 fully saturated rings. The van der Waals surface area contributed by atoms with Crippen LogP contribution in [-0.2, 0) is 0 Å². The highest BCUT2D eigenvalue weighted by Gasteiger charge is 2.11. The number of hydrogen-bond donors (Lipinski definition) is 1. The normalized spacial score (nSPS) is 10.5. The summed E-state index contributed by atoms with van der Waals surface area (Å²) >= 11 is 0. The molecular weight excluding hydrogens is 374 g/mol. The summed E-state index contributed by atoms with van der Waals surface area (Å²) < 4.78 is 5.49. The van der Waals surface area contributed by atoms with Crippen LogP contribution in [0.2, 0.25) is 0 Å². The lowest BCUT2D eigenvalue weighted by Crippen LogP contribution is -2.10. The zero-order chi connectivity index (χ0) is 20.9. The Morgan fingerprint density at radius 1 is 0.833 bits per heavy atom. The average molecular weight is 395 g/mol. The van der Waals surface area contributed by atoms with E-state index in [0.717, 1.165) is 22.5 Å². The van der Waals surface area contributed by atoms with Gasteiger partial charge in [-0.3, -0.25) is 0 Å². The molecule has 0 atom stereocenters. The molecule has 4 aromatic rings. The maximum absolute atomic E-state index is 12.4. The minimum absolute atomic E-state index is 0.368. The van der Waals surface area contributed by atoms with Crippen molar-refractivity contribution < 1.29 is 9.53 Å². The third-order valence-corrected chi connectivity index (χ3v) is 4.61. The molecule has 1 heterocycles. The largest absolute Gasteiger partial charge is 0.423 e. The molecule has 0 unspecified atom stereocenters. The van der Waals surface area contributed by atoms with Crippen molar-refractivity contribution >= 4 is 17.5 Å². The Labute approximate surface area is 175 Å². The van der Waals surface area contributed by atoms with E-state index in [0.29, 0.717) is 23.0 Å². The Hall–Kier alpha value is -3.99. The first-order chi connectivity index (χ1) is 14.6. The van der Waals surface area contributed by atoms with Gasteiger partial charge in [0.15, 0.2) is 0 Å². The molecule has 0 aliphatic heterocycles. The predicted molar refractivity (Wildman–Crippen MR) is 118 cm³/mol. The van der Waals surface area contributed by atoms with Crippen LogP contribution < -0.4 is 10.1 Å². The molecule has 0 aliphatic carbocycles. The second kappa shape index (κ2) is 8.57. The Morgan fingerprint density at radius 2 is 1.53 bits per heavy atom. The van der Waals surface area contributed by atoms with Gasteiger partial charge in [0.2, 0.25) is 0 Å². The van der Waals surface area contributed by atoms with E-state index in [4.69, 9.17) is 4.74 Å². The SMILES string of the molecule is Cc1nc(Nc2ccc(OC(=O)c3ccccc3C)cc2)cc(-c2ccccc2)n1. The van der Waals surface area contributed by atoms with Crippen LogP contribution in [0.25, 0.3) is 11.3 Å². The molecule has 1 aromatic heterocycles. The fourth-order valence-electron chi connectivity index (χ4n) is 3.11. The fraction of sp³-hybridized carbons (Fsp3) is 0.0800. The summed E-state index contributed by atoms with van der Waals surface area (Å²) in [6.45, 7) is 3.75. The van der Waals surface area contributed by atoms with E-state index in [1.54, 1.807) is 18.2 Å². The molecule has 0 saturated heterocycles. The molecule has 1 N–H and O–H groups in total. The monoisotopic (exact) mass is 395 g/mol. The van der Waals surface area contributed by atoms with Crippen molar-refractivity contribution in [2.24, 2.45) is 0 Å². The van der Waals surface area contributed by atoms with E-state index in [-0.39, 0.29) is 5.97 Å². The van der Waals surface area contributed by atoms with Gasteiger partial charge in [-0.2, -0.15) is 0 Å². The van der Waals surface area contributed by atoms with Gasteiger partial charge in [0.05, 0.1) is 11.3 Å². The standard InChI is InChI=1S/C25H21N3O2/c1-17-8-6-7-11-22(17)25(29)30-21-14-12-20(13-15-21)28-24-16-23(26-18(2)27-24)19-9-4-3-5-10-19/h3-16H,1-2H3,(H,26,27,28). The molecule has 148 valence electrons. The van der Waals surface area contributed by atoms with E-state index >= 15 is 0 Å². The van der Waals surface area contributed by atoms with Crippen molar-refractivity contribution in [2.75, 3.05) is 5.32 Å². The van der Waals surface area contributed by atoms with Crippen LogP contribution in [0.3, 0.4) is 0 Å². The minimum Gasteiger partial charge on any atom is -0.423 e. The Kier molecular flexibility index (Phi) is 5.52. The van der Waals surface area contributed by atoms with Crippen LogP contribution in [0.5, 0.6) is 5.75 Å². The fourth-order valence-corrected chi connectivity index (χ4v) is 3.11. The van der Waals surface area contributed by atoms with Crippen LogP contribution in [0.15, 0.2) is 84.9 Å². The van der Waals surface area contributed by atoms with Crippen LogP contribution in [0, 0.1) is 13.8 Å². The zero-order valence-electron chi connectivity index (χ0n) is 16.8. The van der Waals surface area contributed by atoms with E-state index in [1.807, 2.05) is 80.6 Å². The number of carbonyl (C=O) groups is 1. The van der Waals surface area contributed by atoms with Crippen molar-refractivity contribution in [3.05, 3.63) is 102 Å². The number of rotatable bonds is 5. The zero-order valence-corrected chi connectivity index (χ0v) is 16.8. The van der Waals surface area contributed by atoms with Crippen molar-refractivity contribution in [1.29, 1.82) is 0 Å². The molecule has 0 amide bonds. The van der Waals surface area contributed by atoms with Crippen molar-refractivity contribution in [1.82, 2.24) is 9.97 Å². The third kappa shape index (κ3) is 4.52. The molecule has 3 aromatic carbocycles. The van der Waals surface area contributed by atoms with Gasteiger partial charge in [0.1, 0.15) is 17.4 Å². The molecule has 5 nitrogen and oxygen atoms in total. The Bertz CT molecular complexity index is 1170. The van der Waals surface area contributed by atoms with Crippen LogP contribution in [0.1, 0.15) is 21.7 Å². The summed E-state index contributed by atoms with van der Waals surface area (Å²) in [7, 11) is 0. The molecule has 0 spiro atoms. The summed E-state index contributed by atoms with van der Waals surface area (Å²) in [6, 6.07) is 26.5. The molecular formula is C25H21N3O2.